The van der Waals surface area contributed by atoms with E-state index in [0.717, 1.165) is 31.5 Å². The molecule has 1 aliphatic heterocycles. The Bertz CT molecular complexity index is 414. The van der Waals surface area contributed by atoms with Crippen LogP contribution in [0.2, 0.25) is 0 Å². The van der Waals surface area contributed by atoms with E-state index in [9.17, 15) is 8.78 Å². The molecule has 1 aromatic rings. The minimum atomic E-state index is -1.26. The number of alkyl halides is 1. The van der Waals surface area contributed by atoms with Crippen LogP contribution in [0.15, 0.2) is 22.7 Å². The Balaban J connectivity index is 2.10. The quantitative estimate of drug-likeness (QED) is 0.892. The van der Waals surface area contributed by atoms with Crippen molar-refractivity contribution in [2.45, 2.75) is 31.9 Å². The van der Waals surface area contributed by atoms with Gasteiger partial charge in [-0.15, -0.1) is 0 Å². The van der Waals surface area contributed by atoms with Gasteiger partial charge in [0.25, 0.3) is 0 Å². The van der Waals surface area contributed by atoms with Gasteiger partial charge in [-0.1, -0.05) is 22.0 Å². The largest absolute Gasteiger partial charge is 0.316 e. The maximum absolute atomic E-state index is 14.8. The second kappa shape index (κ2) is 5.66. The van der Waals surface area contributed by atoms with Crippen molar-refractivity contribution in [1.29, 1.82) is 0 Å². The van der Waals surface area contributed by atoms with Crippen LogP contribution in [0.1, 0.15) is 25.3 Å². The second-order valence-corrected chi connectivity index (χ2v) is 6.09. The van der Waals surface area contributed by atoms with Gasteiger partial charge in [0.05, 0.1) is 0 Å². The maximum Gasteiger partial charge on any atom is 0.124 e. The van der Waals surface area contributed by atoms with Crippen LogP contribution in [-0.4, -0.2) is 18.8 Å². The molecule has 1 N–H and O–H groups in total. The van der Waals surface area contributed by atoms with E-state index in [4.69, 9.17) is 0 Å². The number of hydrogen-bond acceptors (Lipinski definition) is 1. The maximum atomic E-state index is 14.8. The van der Waals surface area contributed by atoms with E-state index in [1.54, 1.807) is 13.0 Å². The fraction of sp³-hybridized carbons (Fsp3) is 0.571. The summed E-state index contributed by atoms with van der Waals surface area (Å²) in [6.07, 6.45) is 2.26. The Morgan fingerprint density at radius 1 is 1.50 bits per heavy atom. The van der Waals surface area contributed by atoms with Crippen LogP contribution in [0.25, 0.3) is 0 Å². The van der Waals surface area contributed by atoms with E-state index in [1.165, 1.54) is 12.1 Å². The summed E-state index contributed by atoms with van der Waals surface area (Å²) in [6, 6.07) is 4.44. The lowest BCUT2D eigenvalue weighted by molar-refractivity contribution is 0.0832. The lowest BCUT2D eigenvalue weighted by Gasteiger charge is -2.34. The molecule has 0 aromatic heterocycles. The topological polar surface area (TPSA) is 12.0 Å². The van der Waals surface area contributed by atoms with Crippen molar-refractivity contribution in [3.05, 3.63) is 34.1 Å². The van der Waals surface area contributed by atoms with Gasteiger partial charge in [-0.3, -0.25) is 0 Å². The highest BCUT2D eigenvalue weighted by Gasteiger charge is 2.35. The SMILES string of the molecule is CC(F)(Cc1ccc(F)cc1Br)C1CCCNC1. The van der Waals surface area contributed by atoms with E-state index in [0.29, 0.717) is 10.9 Å². The van der Waals surface area contributed by atoms with Crippen molar-refractivity contribution in [3.8, 4) is 0 Å². The van der Waals surface area contributed by atoms with Crippen LogP contribution in [0, 0.1) is 11.7 Å². The Morgan fingerprint density at radius 3 is 2.89 bits per heavy atom. The molecule has 2 rings (SSSR count). The molecule has 0 bridgehead atoms. The van der Waals surface area contributed by atoms with E-state index in [-0.39, 0.29) is 11.7 Å². The van der Waals surface area contributed by atoms with Gasteiger partial charge in [0.1, 0.15) is 11.5 Å². The summed E-state index contributed by atoms with van der Waals surface area (Å²) >= 11 is 3.30. The molecule has 0 spiro atoms. The Labute approximate surface area is 115 Å². The molecule has 4 heteroatoms. The van der Waals surface area contributed by atoms with Gasteiger partial charge in [0, 0.05) is 23.4 Å². The molecule has 0 aliphatic carbocycles. The van der Waals surface area contributed by atoms with Gasteiger partial charge in [0.2, 0.25) is 0 Å². The molecule has 1 heterocycles. The van der Waals surface area contributed by atoms with E-state index in [2.05, 4.69) is 21.2 Å². The molecular formula is C14H18BrF2N. The predicted octanol–water partition coefficient (Wildman–Crippen LogP) is 3.86. The number of rotatable bonds is 3. The highest BCUT2D eigenvalue weighted by molar-refractivity contribution is 9.10. The van der Waals surface area contributed by atoms with Crippen LogP contribution in [0.3, 0.4) is 0 Å². The first-order valence-corrected chi connectivity index (χ1v) is 7.12. The number of piperidine rings is 1. The van der Waals surface area contributed by atoms with Crippen molar-refractivity contribution in [3.63, 3.8) is 0 Å². The van der Waals surface area contributed by atoms with E-state index >= 15 is 0 Å². The molecule has 0 amide bonds. The summed E-state index contributed by atoms with van der Waals surface area (Å²) in [5.74, 6) is -0.270. The summed E-state index contributed by atoms with van der Waals surface area (Å²) in [6.45, 7) is 3.36. The van der Waals surface area contributed by atoms with Gasteiger partial charge in [0.15, 0.2) is 0 Å². The van der Waals surface area contributed by atoms with Crippen molar-refractivity contribution < 1.29 is 8.78 Å². The zero-order chi connectivity index (χ0) is 13.2. The molecule has 0 saturated carbocycles. The summed E-state index contributed by atoms with van der Waals surface area (Å²) < 4.78 is 28.4. The predicted molar refractivity (Wildman–Crippen MR) is 72.9 cm³/mol. The molecule has 0 radical (unpaired) electrons. The highest BCUT2D eigenvalue weighted by atomic mass is 79.9. The van der Waals surface area contributed by atoms with Crippen LogP contribution in [0.5, 0.6) is 0 Å². The lowest BCUT2D eigenvalue weighted by Crippen LogP contribution is -2.42. The number of hydrogen-bond donors (Lipinski definition) is 1. The average Bonchev–Trinajstić information content (AvgIpc) is 2.34. The smallest absolute Gasteiger partial charge is 0.124 e. The van der Waals surface area contributed by atoms with Crippen molar-refractivity contribution in [1.82, 2.24) is 5.32 Å². The molecule has 1 fully saturated rings. The third kappa shape index (κ3) is 3.29. The zero-order valence-electron chi connectivity index (χ0n) is 10.5. The van der Waals surface area contributed by atoms with Gasteiger partial charge in [-0.05, 0) is 44.0 Å². The Hall–Kier alpha value is -0.480. The van der Waals surface area contributed by atoms with Crippen molar-refractivity contribution >= 4 is 15.9 Å². The number of nitrogens with one attached hydrogen (secondary N) is 1. The van der Waals surface area contributed by atoms with E-state index < -0.39 is 5.67 Å². The molecular weight excluding hydrogens is 300 g/mol. The molecule has 1 saturated heterocycles. The number of benzene rings is 1. The Morgan fingerprint density at radius 2 is 2.28 bits per heavy atom. The van der Waals surface area contributed by atoms with Gasteiger partial charge < -0.3 is 5.32 Å². The lowest BCUT2D eigenvalue weighted by atomic mass is 9.81. The first kappa shape index (κ1) is 13.9. The highest BCUT2D eigenvalue weighted by Crippen LogP contribution is 2.33. The van der Waals surface area contributed by atoms with Crippen LogP contribution in [-0.2, 0) is 6.42 Å². The normalized spacial score (nSPS) is 23.7. The molecule has 2 unspecified atom stereocenters. The molecule has 1 aliphatic rings. The second-order valence-electron chi connectivity index (χ2n) is 5.23. The van der Waals surface area contributed by atoms with Crippen molar-refractivity contribution in [2.24, 2.45) is 5.92 Å². The van der Waals surface area contributed by atoms with Gasteiger partial charge in [-0.25, -0.2) is 8.78 Å². The number of halogens is 3. The molecule has 100 valence electrons. The fourth-order valence-corrected chi connectivity index (χ4v) is 3.04. The minimum Gasteiger partial charge on any atom is -0.316 e. The average molecular weight is 318 g/mol. The molecule has 1 aromatic carbocycles. The monoisotopic (exact) mass is 317 g/mol. The third-order valence-electron chi connectivity index (χ3n) is 3.70. The van der Waals surface area contributed by atoms with Gasteiger partial charge in [-0.2, -0.15) is 0 Å². The molecule has 18 heavy (non-hydrogen) atoms. The summed E-state index contributed by atoms with van der Waals surface area (Å²) in [7, 11) is 0. The van der Waals surface area contributed by atoms with Crippen LogP contribution >= 0.6 is 15.9 Å². The molecule has 2 atom stereocenters. The Kier molecular flexibility index (Phi) is 4.38. The summed E-state index contributed by atoms with van der Waals surface area (Å²) in [4.78, 5) is 0. The fourth-order valence-electron chi connectivity index (χ4n) is 2.55. The standard InChI is InChI=1S/C14H18BrF2N/c1-14(17,11-3-2-6-18-9-11)8-10-4-5-12(16)7-13(10)15/h4-5,7,11,18H,2-3,6,8-9H2,1H3. The first-order chi connectivity index (χ1) is 8.49. The summed E-state index contributed by atoms with van der Waals surface area (Å²) in [5, 5.41) is 3.24. The third-order valence-corrected chi connectivity index (χ3v) is 4.44. The zero-order valence-corrected chi connectivity index (χ0v) is 12.1. The summed E-state index contributed by atoms with van der Waals surface area (Å²) in [5.41, 5.74) is -0.430. The minimum absolute atomic E-state index is 0.0307. The van der Waals surface area contributed by atoms with Crippen molar-refractivity contribution in [2.75, 3.05) is 13.1 Å². The van der Waals surface area contributed by atoms with Crippen LogP contribution < -0.4 is 5.32 Å². The van der Waals surface area contributed by atoms with Gasteiger partial charge >= 0.3 is 0 Å². The van der Waals surface area contributed by atoms with E-state index in [1.807, 2.05) is 0 Å². The molecule has 1 nitrogen and oxygen atoms in total. The first-order valence-electron chi connectivity index (χ1n) is 6.32. The van der Waals surface area contributed by atoms with Crippen LogP contribution in [0.4, 0.5) is 8.78 Å².